The molecular formula is C15H25NO2Si. The van der Waals surface area contributed by atoms with Crippen LogP contribution >= 0.6 is 0 Å². The lowest BCUT2D eigenvalue weighted by atomic mass is 10.1. The van der Waals surface area contributed by atoms with Gasteiger partial charge in [0, 0.05) is 20.8 Å². The molecule has 0 aliphatic heterocycles. The van der Waals surface area contributed by atoms with Crippen molar-refractivity contribution in [3.63, 3.8) is 0 Å². The smallest absolute Gasteiger partial charge is 0.334 e. The van der Waals surface area contributed by atoms with E-state index in [1.807, 2.05) is 6.08 Å². The molecule has 0 bridgehead atoms. The average molecular weight is 279 g/mol. The van der Waals surface area contributed by atoms with Crippen molar-refractivity contribution in [3.8, 4) is 0 Å². The van der Waals surface area contributed by atoms with E-state index in [9.17, 15) is 0 Å². The van der Waals surface area contributed by atoms with Gasteiger partial charge in [-0.15, -0.1) is 0 Å². The van der Waals surface area contributed by atoms with Gasteiger partial charge < -0.3 is 14.2 Å². The summed E-state index contributed by atoms with van der Waals surface area (Å²) in [5.41, 5.74) is 2.45. The lowest BCUT2D eigenvalue weighted by molar-refractivity contribution is 0.248. The van der Waals surface area contributed by atoms with E-state index < -0.39 is 8.56 Å². The van der Waals surface area contributed by atoms with Crippen molar-refractivity contribution < 1.29 is 8.85 Å². The zero-order chi connectivity index (χ0) is 14.1. The molecular weight excluding hydrogens is 254 g/mol. The molecule has 1 aromatic rings. The Bertz CT molecular complexity index is 374. The van der Waals surface area contributed by atoms with E-state index in [1.54, 1.807) is 14.2 Å². The Hall–Kier alpha value is -0.943. The Morgan fingerprint density at radius 3 is 2.37 bits per heavy atom. The van der Waals surface area contributed by atoms with E-state index in [0.29, 0.717) is 0 Å². The van der Waals surface area contributed by atoms with Crippen LogP contribution in [-0.2, 0) is 15.4 Å². The molecule has 1 aromatic carbocycles. The molecule has 0 atom stereocenters. The summed E-state index contributed by atoms with van der Waals surface area (Å²) in [6.45, 7) is 7.73. The summed E-state index contributed by atoms with van der Waals surface area (Å²) in [7, 11) is 1.59. The number of hydrogen-bond acceptors (Lipinski definition) is 3. The minimum atomic E-state index is -1.89. The van der Waals surface area contributed by atoms with Gasteiger partial charge >= 0.3 is 8.56 Å². The standard InChI is InChI=1S/C15H25NO2Si/c1-5-14-7-9-15(10-8-14)13-16-11-6-12-19(4,17-2)18-3/h5,7-10,16H,1,6,11-13H2,2-4H3. The van der Waals surface area contributed by atoms with Crippen LogP contribution in [0.4, 0.5) is 0 Å². The first kappa shape index (κ1) is 16.1. The predicted molar refractivity (Wildman–Crippen MR) is 83.3 cm³/mol. The fourth-order valence-corrected chi connectivity index (χ4v) is 3.22. The Labute approximate surface area is 117 Å². The summed E-state index contributed by atoms with van der Waals surface area (Å²) >= 11 is 0. The second kappa shape index (κ2) is 8.27. The highest BCUT2D eigenvalue weighted by molar-refractivity contribution is 6.65. The highest BCUT2D eigenvalue weighted by Gasteiger charge is 2.27. The number of rotatable bonds is 9. The van der Waals surface area contributed by atoms with Crippen LogP contribution in [0.1, 0.15) is 17.5 Å². The van der Waals surface area contributed by atoms with Crippen LogP contribution in [0, 0.1) is 0 Å². The van der Waals surface area contributed by atoms with Gasteiger partial charge in [0.25, 0.3) is 0 Å². The van der Waals surface area contributed by atoms with Gasteiger partial charge in [0.2, 0.25) is 0 Å². The van der Waals surface area contributed by atoms with E-state index in [2.05, 4.69) is 42.7 Å². The monoisotopic (exact) mass is 279 g/mol. The molecule has 4 heteroatoms. The summed E-state index contributed by atoms with van der Waals surface area (Å²) in [4.78, 5) is 0. The first-order valence-electron chi connectivity index (χ1n) is 6.66. The van der Waals surface area contributed by atoms with E-state index in [1.165, 1.54) is 5.56 Å². The summed E-state index contributed by atoms with van der Waals surface area (Å²) < 4.78 is 10.9. The second-order valence-electron chi connectivity index (χ2n) is 4.77. The van der Waals surface area contributed by atoms with Crippen molar-refractivity contribution in [1.29, 1.82) is 0 Å². The van der Waals surface area contributed by atoms with Crippen LogP contribution < -0.4 is 5.32 Å². The number of benzene rings is 1. The van der Waals surface area contributed by atoms with Gasteiger partial charge in [-0.25, -0.2) is 0 Å². The fraction of sp³-hybridized carbons (Fsp3) is 0.467. The maximum Gasteiger partial charge on any atom is 0.334 e. The SMILES string of the molecule is C=Cc1ccc(CNCCC[Si](C)(OC)OC)cc1. The number of nitrogens with one attached hydrogen (secondary N) is 1. The summed E-state index contributed by atoms with van der Waals surface area (Å²) in [5, 5.41) is 3.45. The molecule has 0 spiro atoms. The molecule has 0 amide bonds. The average Bonchev–Trinajstić information content (AvgIpc) is 2.47. The van der Waals surface area contributed by atoms with Crippen molar-refractivity contribution in [2.24, 2.45) is 0 Å². The van der Waals surface area contributed by atoms with E-state index in [4.69, 9.17) is 8.85 Å². The molecule has 0 aliphatic carbocycles. The van der Waals surface area contributed by atoms with Crippen LogP contribution in [0.2, 0.25) is 12.6 Å². The Morgan fingerprint density at radius 1 is 1.21 bits per heavy atom. The topological polar surface area (TPSA) is 30.5 Å². The third kappa shape index (κ3) is 5.70. The van der Waals surface area contributed by atoms with Crippen LogP contribution in [0.5, 0.6) is 0 Å². The van der Waals surface area contributed by atoms with Crippen LogP contribution in [0.15, 0.2) is 30.8 Å². The normalized spacial score (nSPS) is 11.5. The van der Waals surface area contributed by atoms with Crippen molar-refractivity contribution >= 4 is 14.6 Å². The van der Waals surface area contributed by atoms with Crippen LogP contribution in [0.3, 0.4) is 0 Å². The van der Waals surface area contributed by atoms with Gasteiger partial charge in [0.05, 0.1) is 0 Å². The number of hydrogen-bond donors (Lipinski definition) is 1. The molecule has 0 saturated heterocycles. The van der Waals surface area contributed by atoms with Gasteiger partial charge in [0.1, 0.15) is 0 Å². The largest absolute Gasteiger partial charge is 0.398 e. The minimum absolute atomic E-state index is 0.898. The Morgan fingerprint density at radius 2 is 1.84 bits per heavy atom. The molecule has 0 fully saturated rings. The zero-order valence-electron chi connectivity index (χ0n) is 12.2. The van der Waals surface area contributed by atoms with Crippen molar-refractivity contribution in [2.75, 3.05) is 20.8 Å². The van der Waals surface area contributed by atoms with Gasteiger partial charge in [-0.05, 0) is 36.7 Å². The highest BCUT2D eigenvalue weighted by Crippen LogP contribution is 2.13. The third-order valence-electron chi connectivity index (χ3n) is 3.39. The molecule has 0 unspecified atom stereocenters. The van der Waals surface area contributed by atoms with Gasteiger partial charge in [-0.1, -0.05) is 36.9 Å². The quantitative estimate of drug-likeness (QED) is 0.556. The second-order valence-corrected chi connectivity index (χ2v) is 8.35. The fourth-order valence-electron chi connectivity index (χ4n) is 1.83. The molecule has 3 nitrogen and oxygen atoms in total. The minimum Gasteiger partial charge on any atom is -0.398 e. The maximum absolute atomic E-state index is 5.46. The highest BCUT2D eigenvalue weighted by atomic mass is 28.4. The van der Waals surface area contributed by atoms with Crippen molar-refractivity contribution in [3.05, 3.63) is 42.0 Å². The molecule has 1 N–H and O–H groups in total. The Kier molecular flexibility index (Phi) is 7.01. The molecule has 0 saturated carbocycles. The molecule has 106 valence electrons. The van der Waals surface area contributed by atoms with Gasteiger partial charge in [-0.2, -0.15) is 0 Å². The lowest BCUT2D eigenvalue weighted by Gasteiger charge is -2.22. The van der Waals surface area contributed by atoms with Crippen molar-refractivity contribution in [2.45, 2.75) is 25.6 Å². The Balaban J connectivity index is 2.21. The molecule has 1 rings (SSSR count). The van der Waals surface area contributed by atoms with E-state index in [-0.39, 0.29) is 0 Å². The first-order valence-corrected chi connectivity index (χ1v) is 9.18. The molecule has 0 aliphatic rings. The summed E-state index contributed by atoms with van der Waals surface area (Å²) in [5.74, 6) is 0. The summed E-state index contributed by atoms with van der Waals surface area (Å²) in [6, 6.07) is 9.45. The van der Waals surface area contributed by atoms with Crippen molar-refractivity contribution in [1.82, 2.24) is 5.32 Å². The lowest BCUT2D eigenvalue weighted by Crippen LogP contribution is -2.36. The maximum atomic E-state index is 5.46. The van der Waals surface area contributed by atoms with E-state index >= 15 is 0 Å². The van der Waals surface area contributed by atoms with Gasteiger partial charge in [0.15, 0.2) is 0 Å². The van der Waals surface area contributed by atoms with Crippen LogP contribution in [-0.4, -0.2) is 29.3 Å². The molecule has 0 radical (unpaired) electrons. The van der Waals surface area contributed by atoms with Crippen LogP contribution in [0.25, 0.3) is 6.08 Å². The van der Waals surface area contributed by atoms with E-state index in [0.717, 1.165) is 31.1 Å². The van der Waals surface area contributed by atoms with Gasteiger partial charge in [-0.3, -0.25) is 0 Å². The molecule has 0 heterocycles. The zero-order valence-corrected chi connectivity index (χ0v) is 13.2. The third-order valence-corrected chi connectivity index (χ3v) is 6.38. The molecule has 19 heavy (non-hydrogen) atoms. The first-order chi connectivity index (χ1) is 9.13. The summed E-state index contributed by atoms with van der Waals surface area (Å²) in [6.07, 6.45) is 2.94. The molecule has 0 aromatic heterocycles. The predicted octanol–water partition coefficient (Wildman–Crippen LogP) is 3.17.